The van der Waals surface area contributed by atoms with Crippen LogP contribution in [0, 0.1) is 11.7 Å². The quantitative estimate of drug-likeness (QED) is 0.376. The number of halogens is 1. The normalized spacial score (nSPS) is 20.7. The molecule has 2 rings (SSSR count). The van der Waals surface area contributed by atoms with E-state index in [1.807, 2.05) is 0 Å². The van der Waals surface area contributed by atoms with Crippen LogP contribution in [0.25, 0.3) is 0 Å². The lowest BCUT2D eigenvalue weighted by Crippen LogP contribution is -2.36. The largest absolute Gasteiger partial charge is 0.409 e. The number of rotatable bonds is 5. The number of oxime groups is 1. The zero-order valence-corrected chi connectivity index (χ0v) is 12.3. The minimum absolute atomic E-state index is 0.0846. The Morgan fingerprint density at radius 2 is 2.38 bits per heavy atom. The summed E-state index contributed by atoms with van der Waals surface area (Å²) in [6.45, 7) is 3.22. The summed E-state index contributed by atoms with van der Waals surface area (Å²) in [6, 6.07) is 4.67. The van der Waals surface area contributed by atoms with Gasteiger partial charge in [0.05, 0.1) is 6.61 Å². The van der Waals surface area contributed by atoms with E-state index in [0.717, 1.165) is 32.5 Å². The molecule has 0 aliphatic carbocycles. The summed E-state index contributed by atoms with van der Waals surface area (Å²) in [5.74, 6) is 0.106. The molecule has 5 nitrogen and oxygen atoms in total. The standard InChI is InChI=1S/C15H22FN3O2/c1-21-10-11-3-2-6-19(8-11)9-13-5-4-12(7-14(13)16)15(17)18-20/h4-5,7,11,20H,2-3,6,8-10H2,1H3,(H2,17,18). The molecule has 1 fully saturated rings. The van der Waals surface area contributed by atoms with Gasteiger partial charge >= 0.3 is 0 Å². The molecule has 1 atom stereocenters. The fourth-order valence-electron chi connectivity index (χ4n) is 2.80. The molecule has 1 unspecified atom stereocenters. The van der Waals surface area contributed by atoms with Crippen LogP contribution in [0.2, 0.25) is 0 Å². The Morgan fingerprint density at radius 1 is 1.57 bits per heavy atom. The minimum Gasteiger partial charge on any atom is -0.409 e. The van der Waals surface area contributed by atoms with Gasteiger partial charge in [-0.05, 0) is 31.4 Å². The first-order valence-corrected chi connectivity index (χ1v) is 7.11. The van der Waals surface area contributed by atoms with Crippen molar-refractivity contribution >= 4 is 5.84 Å². The molecule has 1 aromatic rings. The Bertz CT molecular complexity index is 506. The molecular weight excluding hydrogens is 273 g/mol. The maximum absolute atomic E-state index is 14.1. The van der Waals surface area contributed by atoms with Gasteiger partial charge in [-0.3, -0.25) is 4.90 Å². The van der Waals surface area contributed by atoms with E-state index in [2.05, 4.69) is 10.1 Å². The number of hydrogen-bond acceptors (Lipinski definition) is 4. The van der Waals surface area contributed by atoms with Crippen LogP contribution in [-0.2, 0) is 11.3 Å². The van der Waals surface area contributed by atoms with Gasteiger partial charge in [0.2, 0.25) is 0 Å². The predicted molar refractivity (Wildman–Crippen MR) is 78.8 cm³/mol. The van der Waals surface area contributed by atoms with E-state index in [-0.39, 0.29) is 11.7 Å². The van der Waals surface area contributed by atoms with Gasteiger partial charge < -0.3 is 15.7 Å². The maximum Gasteiger partial charge on any atom is 0.170 e. The molecule has 21 heavy (non-hydrogen) atoms. The summed E-state index contributed by atoms with van der Waals surface area (Å²) >= 11 is 0. The van der Waals surface area contributed by atoms with Gasteiger partial charge in [-0.1, -0.05) is 17.3 Å². The monoisotopic (exact) mass is 295 g/mol. The molecule has 3 N–H and O–H groups in total. The van der Waals surface area contributed by atoms with Crippen LogP contribution in [0.1, 0.15) is 24.0 Å². The van der Waals surface area contributed by atoms with Crippen molar-refractivity contribution in [3.8, 4) is 0 Å². The van der Waals surface area contributed by atoms with Crippen molar-refractivity contribution in [2.24, 2.45) is 16.8 Å². The highest BCUT2D eigenvalue weighted by Gasteiger charge is 2.20. The first-order chi connectivity index (χ1) is 10.1. The molecule has 0 bridgehead atoms. The Balaban J connectivity index is 2.02. The topological polar surface area (TPSA) is 71.1 Å². The lowest BCUT2D eigenvalue weighted by molar-refractivity contribution is 0.0868. The number of nitrogens with two attached hydrogens (primary N) is 1. The second kappa shape index (κ2) is 7.38. The highest BCUT2D eigenvalue weighted by Crippen LogP contribution is 2.20. The van der Waals surface area contributed by atoms with Crippen molar-refractivity contribution in [3.63, 3.8) is 0 Å². The van der Waals surface area contributed by atoms with Gasteiger partial charge in [0, 0.05) is 31.3 Å². The molecule has 1 aliphatic rings. The number of benzene rings is 1. The summed E-state index contributed by atoms with van der Waals surface area (Å²) < 4.78 is 19.3. The van der Waals surface area contributed by atoms with Crippen LogP contribution in [0.3, 0.4) is 0 Å². The highest BCUT2D eigenvalue weighted by atomic mass is 19.1. The minimum atomic E-state index is -0.326. The zero-order valence-electron chi connectivity index (χ0n) is 12.3. The second-order valence-electron chi connectivity index (χ2n) is 5.49. The fraction of sp³-hybridized carbons (Fsp3) is 0.533. The average Bonchev–Trinajstić information content (AvgIpc) is 2.49. The Labute approximate surface area is 124 Å². The summed E-state index contributed by atoms with van der Waals surface area (Å²) in [4.78, 5) is 2.24. The molecule has 6 heteroatoms. The van der Waals surface area contributed by atoms with Gasteiger partial charge in [0.25, 0.3) is 0 Å². The van der Waals surface area contributed by atoms with E-state index < -0.39 is 0 Å². The van der Waals surface area contributed by atoms with Gasteiger partial charge in [-0.25, -0.2) is 4.39 Å². The molecule has 0 spiro atoms. The molecule has 0 aromatic heterocycles. The molecule has 1 aromatic carbocycles. The molecule has 1 saturated heterocycles. The van der Waals surface area contributed by atoms with Crippen LogP contribution >= 0.6 is 0 Å². The van der Waals surface area contributed by atoms with E-state index in [4.69, 9.17) is 15.7 Å². The molecule has 0 amide bonds. The summed E-state index contributed by atoms with van der Waals surface area (Å²) in [5.41, 5.74) is 6.47. The average molecular weight is 295 g/mol. The Kier molecular flexibility index (Phi) is 5.52. The molecule has 1 heterocycles. The van der Waals surface area contributed by atoms with Crippen LogP contribution in [0.15, 0.2) is 23.4 Å². The van der Waals surface area contributed by atoms with E-state index in [0.29, 0.717) is 23.6 Å². The van der Waals surface area contributed by atoms with Crippen molar-refractivity contribution in [3.05, 3.63) is 35.1 Å². The number of ether oxygens (including phenoxy) is 1. The van der Waals surface area contributed by atoms with E-state index in [1.165, 1.54) is 6.07 Å². The summed E-state index contributed by atoms with van der Waals surface area (Å²) in [5, 5.41) is 11.5. The smallest absolute Gasteiger partial charge is 0.170 e. The highest BCUT2D eigenvalue weighted by molar-refractivity contribution is 5.97. The molecule has 0 radical (unpaired) electrons. The Morgan fingerprint density at radius 3 is 3.05 bits per heavy atom. The summed E-state index contributed by atoms with van der Waals surface area (Å²) in [6.07, 6.45) is 2.27. The lowest BCUT2D eigenvalue weighted by Gasteiger charge is -2.32. The number of piperidine rings is 1. The van der Waals surface area contributed by atoms with Gasteiger partial charge in [0.1, 0.15) is 5.82 Å². The maximum atomic E-state index is 14.1. The SMILES string of the molecule is COCC1CCCN(Cc2ccc(/C(N)=N/O)cc2F)C1. The Hall–Kier alpha value is -1.66. The van der Waals surface area contributed by atoms with Crippen LogP contribution in [0.5, 0.6) is 0 Å². The van der Waals surface area contributed by atoms with Crippen molar-refractivity contribution in [1.29, 1.82) is 0 Å². The van der Waals surface area contributed by atoms with Crippen LogP contribution in [-0.4, -0.2) is 42.7 Å². The lowest BCUT2D eigenvalue weighted by atomic mass is 9.98. The first-order valence-electron chi connectivity index (χ1n) is 7.11. The fourth-order valence-corrected chi connectivity index (χ4v) is 2.80. The predicted octanol–water partition coefficient (Wildman–Crippen LogP) is 1.78. The number of nitrogens with zero attached hydrogens (tertiary/aromatic N) is 2. The number of likely N-dealkylation sites (tertiary alicyclic amines) is 1. The van der Waals surface area contributed by atoms with Gasteiger partial charge in [0.15, 0.2) is 5.84 Å². The van der Waals surface area contributed by atoms with E-state index in [1.54, 1.807) is 19.2 Å². The van der Waals surface area contributed by atoms with Crippen molar-refractivity contribution in [2.75, 3.05) is 26.8 Å². The van der Waals surface area contributed by atoms with Gasteiger partial charge in [-0.15, -0.1) is 0 Å². The van der Waals surface area contributed by atoms with E-state index >= 15 is 0 Å². The third-order valence-corrected chi connectivity index (χ3v) is 3.86. The summed E-state index contributed by atoms with van der Waals surface area (Å²) in [7, 11) is 1.71. The van der Waals surface area contributed by atoms with Crippen LogP contribution < -0.4 is 5.73 Å². The number of methoxy groups -OCH3 is 1. The third-order valence-electron chi connectivity index (χ3n) is 3.86. The molecule has 116 valence electrons. The zero-order chi connectivity index (χ0) is 15.2. The van der Waals surface area contributed by atoms with Crippen LogP contribution in [0.4, 0.5) is 4.39 Å². The third kappa shape index (κ3) is 4.15. The van der Waals surface area contributed by atoms with Crippen molar-refractivity contribution < 1.29 is 14.3 Å². The number of hydrogen-bond donors (Lipinski definition) is 2. The van der Waals surface area contributed by atoms with Crippen molar-refractivity contribution in [2.45, 2.75) is 19.4 Å². The number of amidine groups is 1. The molecular formula is C15H22FN3O2. The first kappa shape index (κ1) is 15.7. The van der Waals surface area contributed by atoms with Gasteiger partial charge in [-0.2, -0.15) is 0 Å². The van der Waals surface area contributed by atoms with Crippen molar-refractivity contribution in [1.82, 2.24) is 4.90 Å². The molecule has 1 aliphatic heterocycles. The van der Waals surface area contributed by atoms with E-state index in [9.17, 15) is 4.39 Å². The molecule has 0 saturated carbocycles. The second-order valence-corrected chi connectivity index (χ2v) is 5.49.